The van der Waals surface area contributed by atoms with Crippen LogP contribution in [0.1, 0.15) is 37.5 Å². The molecule has 3 nitrogen and oxygen atoms in total. The van der Waals surface area contributed by atoms with Crippen molar-refractivity contribution in [3.05, 3.63) is 34.9 Å². The van der Waals surface area contributed by atoms with E-state index in [-0.39, 0.29) is 17.9 Å². The van der Waals surface area contributed by atoms with Crippen LogP contribution in [-0.2, 0) is 21.6 Å². The summed E-state index contributed by atoms with van der Waals surface area (Å²) >= 11 is 0. The molecule has 100 valence electrons. The van der Waals surface area contributed by atoms with Crippen LogP contribution >= 0.6 is 0 Å². The Kier molecular flexibility index (Phi) is 4.91. The SMILES string of the molecule is CNCC(=O)OCc1cc(C(C)(C)C)ccc1C. The quantitative estimate of drug-likeness (QED) is 0.833. The third-order valence-electron chi connectivity index (χ3n) is 2.92. The van der Waals surface area contributed by atoms with Gasteiger partial charge in [-0.25, -0.2) is 0 Å². The summed E-state index contributed by atoms with van der Waals surface area (Å²) in [6.07, 6.45) is 0. The van der Waals surface area contributed by atoms with Crippen LogP contribution in [0.15, 0.2) is 18.2 Å². The molecule has 0 aliphatic heterocycles. The second-order valence-electron chi connectivity index (χ2n) is 5.58. The molecule has 0 bridgehead atoms. The van der Waals surface area contributed by atoms with Crippen LogP contribution in [0.25, 0.3) is 0 Å². The van der Waals surface area contributed by atoms with E-state index < -0.39 is 0 Å². The molecule has 18 heavy (non-hydrogen) atoms. The van der Waals surface area contributed by atoms with Crippen molar-refractivity contribution < 1.29 is 9.53 Å². The van der Waals surface area contributed by atoms with Gasteiger partial charge in [0.1, 0.15) is 6.61 Å². The van der Waals surface area contributed by atoms with E-state index in [4.69, 9.17) is 4.74 Å². The monoisotopic (exact) mass is 249 g/mol. The second-order valence-corrected chi connectivity index (χ2v) is 5.58. The third-order valence-corrected chi connectivity index (χ3v) is 2.92. The number of esters is 1. The second kappa shape index (κ2) is 6.01. The van der Waals surface area contributed by atoms with E-state index in [2.05, 4.69) is 44.3 Å². The number of likely N-dealkylation sites (N-methyl/N-ethyl adjacent to an activating group) is 1. The van der Waals surface area contributed by atoms with Crippen LogP contribution < -0.4 is 5.32 Å². The van der Waals surface area contributed by atoms with E-state index in [0.717, 1.165) is 11.1 Å². The van der Waals surface area contributed by atoms with Gasteiger partial charge in [-0.05, 0) is 36.1 Å². The zero-order chi connectivity index (χ0) is 13.8. The molecule has 0 aromatic heterocycles. The Morgan fingerprint density at radius 2 is 2.00 bits per heavy atom. The zero-order valence-corrected chi connectivity index (χ0v) is 12.0. The van der Waals surface area contributed by atoms with Crippen molar-refractivity contribution in [1.82, 2.24) is 5.32 Å². The van der Waals surface area contributed by atoms with Gasteiger partial charge in [-0.2, -0.15) is 0 Å². The topological polar surface area (TPSA) is 38.3 Å². The van der Waals surface area contributed by atoms with Gasteiger partial charge in [-0.15, -0.1) is 0 Å². The highest BCUT2D eigenvalue weighted by Crippen LogP contribution is 2.24. The van der Waals surface area contributed by atoms with E-state index in [1.54, 1.807) is 7.05 Å². The smallest absolute Gasteiger partial charge is 0.320 e. The molecule has 0 saturated carbocycles. The number of carbonyl (C=O) groups is 1. The largest absolute Gasteiger partial charge is 0.460 e. The lowest BCUT2D eigenvalue weighted by Gasteiger charge is -2.20. The van der Waals surface area contributed by atoms with Crippen molar-refractivity contribution >= 4 is 5.97 Å². The van der Waals surface area contributed by atoms with E-state index in [9.17, 15) is 4.79 Å². The maximum absolute atomic E-state index is 11.3. The van der Waals surface area contributed by atoms with Crippen LogP contribution in [0.3, 0.4) is 0 Å². The minimum atomic E-state index is -0.224. The molecule has 0 saturated heterocycles. The predicted octanol–water partition coefficient (Wildman–Crippen LogP) is 2.56. The van der Waals surface area contributed by atoms with Crippen molar-refractivity contribution in [2.24, 2.45) is 0 Å². The summed E-state index contributed by atoms with van der Waals surface area (Å²) < 4.78 is 5.22. The highest BCUT2D eigenvalue weighted by Gasteiger charge is 2.15. The molecule has 1 N–H and O–H groups in total. The number of benzene rings is 1. The lowest BCUT2D eigenvalue weighted by Crippen LogP contribution is -2.21. The molecule has 1 aromatic rings. The van der Waals surface area contributed by atoms with Crippen LogP contribution in [0.4, 0.5) is 0 Å². The Morgan fingerprint density at radius 3 is 2.56 bits per heavy atom. The molecule has 1 rings (SSSR count). The molecule has 0 radical (unpaired) electrons. The number of aryl methyl sites for hydroxylation is 1. The first-order chi connectivity index (χ1) is 8.34. The first-order valence-electron chi connectivity index (χ1n) is 6.25. The Hall–Kier alpha value is -1.35. The van der Waals surface area contributed by atoms with Gasteiger partial charge in [0.15, 0.2) is 0 Å². The minimum absolute atomic E-state index is 0.109. The Balaban J connectivity index is 2.79. The number of carbonyl (C=O) groups excluding carboxylic acids is 1. The van der Waals surface area contributed by atoms with Crippen molar-refractivity contribution in [3.8, 4) is 0 Å². The van der Waals surface area contributed by atoms with Gasteiger partial charge in [0.05, 0.1) is 6.54 Å². The number of hydrogen-bond donors (Lipinski definition) is 1. The van der Waals surface area contributed by atoms with E-state index >= 15 is 0 Å². The standard InChI is InChI=1S/C15H23NO2/c1-11-6-7-13(15(2,3)4)8-12(11)10-18-14(17)9-16-5/h6-8,16H,9-10H2,1-5H3. The fraction of sp³-hybridized carbons (Fsp3) is 0.533. The average molecular weight is 249 g/mol. The Morgan fingerprint density at radius 1 is 1.33 bits per heavy atom. The summed E-state index contributed by atoms with van der Waals surface area (Å²) in [4.78, 5) is 11.3. The Labute approximate surface area is 110 Å². The van der Waals surface area contributed by atoms with E-state index in [1.165, 1.54) is 5.56 Å². The lowest BCUT2D eigenvalue weighted by atomic mass is 9.85. The number of hydrogen-bond acceptors (Lipinski definition) is 3. The minimum Gasteiger partial charge on any atom is -0.460 e. The summed E-state index contributed by atoms with van der Waals surface area (Å²) in [6.45, 7) is 9.15. The van der Waals surface area contributed by atoms with Gasteiger partial charge in [0.25, 0.3) is 0 Å². The van der Waals surface area contributed by atoms with Crippen molar-refractivity contribution in [1.29, 1.82) is 0 Å². The number of nitrogens with one attached hydrogen (secondary N) is 1. The molecule has 3 heteroatoms. The van der Waals surface area contributed by atoms with Gasteiger partial charge >= 0.3 is 5.97 Å². The molecule has 0 unspecified atom stereocenters. The molecule has 0 spiro atoms. The summed E-state index contributed by atoms with van der Waals surface area (Å²) in [5.41, 5.74) is 3.59. The molecule has 0 amide bonds. The highest BCUT2D eigenvalue weighted by molar-refractivity contribution is 5.71. The van der Waals surface area contributed by atoms with Crippen molar-refractivity contribution in [2.45, 2.75) is 39.7 Å². The normalized spacial score (nSPS) is 11.4. The first kappa shape index (κ1) is 14.7. The first-order valence-corrected chi connectivity index (χ1v) is 6.25. The highest BCUT2D eigenvalue weighted by atomic mass is 16.5. The van der Waals surface area contributed by atoms with E-state index in [0.29, 0.717) is 6.61 Å². The fourth-order valence-electron chi connectivity index (χ4n) is 1.65. The van der Waals surface area contributed by atoms with Crippen LogP contribution in [0.2, 0.25) is 0 Å². The van der Waals surface area contributed by atoms with Crippen LogP contribution in [0.5, 0.6) is 0 Å². The van der Waals surface area contributed by atoms with Crippen molar-refractivity contribution in [3.63, 3.8) is 0 Å². The molecular formula is C15H23NO2. The molecule has 0 heterocycles. The number of ether oxygens (including phenoxy) is 1. The lowest BCUT2D eigenvalue weighted by molar-refractivity contribution is -0.143. The maximum atomic E-state index is 11.3. The summed E-state index contributed by atoms with van der Waals surface area (Å²) in [5.74, 6) is -0.224. The summed E-state index contributed by atoms with van der Waals surface area (Å²) in [7, 11) is 1.73. The van der Waals surface area contributed by atoms with Crippen molar-refractivity contribution in [2.75, 3.05) is 13.6 Å². The maximum Gasteiger partial charge on any atom is 0.320 e. The molecule has 1 aromatic carbocycles. The average Bonchev–Trinajstić information content (AvgIpc) is 2.26. The molecule has 0 fully saturated rings. The molecule has 0 aliphatic rings. The predicted molar refractivity (Wildman–Crippen MR) is 73.6 cm³/mol. The molecule has 0 aliphatic carbocycles. The summed E-state index contributed by atoms with van der Waals surface area (Å²) in [5, 5.41) is 2.78. The van der Waals surface area contributed by atoms with Gasteiger partial charge in [0, 0.05) is 0 Å². The number of rotatable bonds is 4. The zero-order valence-electron chi connectivity index (χ0n) is 12.0. The van der Waals surface area contributed by atoms with Crippen LogP contribution in [-0.4, -0.2) is 19.6 Å². The fourth-order valence-corrected chi connectivity index (χ4v) is 1.65. The van der Waals surface area contributed by atoms with Gasteiger partial charge in [-0.1, -0.05) is 39.0 Å². The van der Waals surface area contributed by atoms with Gasteiger partial charge in [0.2, 0.25) is 0 Å². The Bertz CT molecular complexity index is 419. The molecular weight excluding hydrogens is 226 g/mol. The summed E-state index contributed by atoms with van der Waals surface area (Å²) in [6, 6.07) is 6.35. The molecule has 0 atom stereocenters. The van der Waals surface area contributed by atoms with Gasteiger partial charge < -0.3 is 10.1 Å². The van der Waals surface area contributed by atoms with E-state index in [1.807, 2.05) is 6.92 Å². The van der Waals surface area contributed by atoms with Crippen LogP contribution in [0, 0.1) is 6.92 Å². The third kappa shape index (κ3) is 4.15. The van der Waals surface area contributed by atoms with Gasteiger partial charge in [-0.3, -0.25) is 4.79 Å².